The molecule has 0 unspecified atom stereocenters. The summed E-state index contributed by atoms with van der Waals surface area (Å²) in [6.07, 6.45) is -2.67. The molecule has 5 nitrogen and oxygen atoms in total. The predicted octanol–water partition coefficient (Wildman–Crippen LogP) is 3.37. The highest BCUT2D eigenvalue weighted by molar-refractivity contribution is 5.79. The number of rotatable bonds is 9. The van der Waals surface area contributed by atoms with E-state index in [0.717, 1.165) is 25.9 Å². The van der Waals surface area contributed by atoms with Crippen molar-refractivity contribution < 1.29 is 17.9 Å². The lowest BCUT2D eigenvalue weighted by Crippen LogP contribution is -2.37. The van der Waals surface area contributed by atoms with E-state index in [0.29, 0.717) is 17.6 Å². The molecule has 2 N–H and O–H groups in total. The van der Waals surface area contributed by atoms with Gasteiger partial charge in [0.1, 0.15) is 5.75 Å². The highest BCUT2D eigenvalue weighted by atomic mass is 19.4. The molecular formula is C18H29F3N4O. The lowest BCUT2D eigenvalue weighted by atomic mass is 10.2. The van der Waals surface area contributed by atoms with Crippen molar-refractivity contribution in [2.24, 2.45) is 4.99 Å². The molecule has 0 aliphatic rings. The van der Waals surface area contributed by atoms with E-state index < -0.39 is 6.36 Å². The first kappa shape index (κ1) is 22.1. The Balaban J connectivity index is 2.41. The summed E-state index contributed by atoms with van der Waals surface area (Å²) in [5, 5.41) is 6.18. The molecular weight excluding hydrogens is 345 g/mol. The maximum Gasteiger partial charge on any atom is 0.573 e. The van der Waals surface area contributed by atoms with Crippen LogP contribution in [0.3, 0.4) is 0 Å². The number of aliphatic imine (C=N–C) groups is 1. The number of alkyl halides is 3. The van der Waals surface area contributed by atoms with Gasteiger partial charge in [0.25, 0.3) is 0 Å². The molecule has 0 atom stereocenters. The molecule has 8 heteroatoms. The van der Waals surface area contributed by atoms with Gasteiger partial charge < -0.3 is 20.3 Å². The third kappa shape index (κ3) is 8.94. The SMILES string of the molecule is CN=C(NCCCCN(C)C(C)C)NCc1ccccc1OC(F)(F)F. The molecule has 1 aromatic rings. The molecule has 0 aliphatic heterocycles. The van der Waals surface area contributed by atoms with Gasteiger partial charge in [0.15, 0.2) is 5.96 Å². The second kappa shape index (κ2) is 10.9. The zero-order valence-electron chi connectivity index (χ0n) is 15.9. The highest BCUT2D eigenvalue weighted by Crippen LogP contribution is 2.25. The molecule has 0 aromatic heterocycles. The summed E-state index contributed by atoms with van der Waals surface area (Å²) < 4.78 is 41.4. The van der Waals surface area contributed by atoms with Crippen molar-refractivity contribution >= 4 is 5.96 Å². The van der Waals surface area contributed by atoms with Gasteiger partial charge in [0.2, 0.25) is 0 Å². The van der Waals surface area contributed by atoms with Crippen molar-refractivity contribution in [2.75, 3.05) is 27.2 Å². The van der Waals surface area contributed by atoms with Crippen LogP contribution in [0.1, 0.15) is 32.3 Å². The monoisotopic (exact) mass is 374 g/mol. The van der Waals surface area contributed by atoms with Crippen LogP contribution in [0.25, 0.3) is 0 Å². The molecule has 0 spiro atoms. The minimum atomic E-state index is -4.71. The molecule has 0 saturated heterocycles. The molecule has 0 saturated carbocycles. The molecule has 148 valence electrons. The van der Waals surface area contributed by atoms with Gasteiger partial charge in [0, 0.05) is 31.7 Å². The normalized spacial score (nSPS) is 12.6. The van der Waals surface area contributed by atoms with Crippen LogP contribution in [0.2, 0.25) is 0 Å². The van der Waals surface area contributed by atoms with Crippen molar-refractivity contribution in [1.82, 2.24) is 15.5 Å². The Morgan fingerprint density at radius 2 is 1.88 bits per heavy atom. The Kier molecular flexibility index (Phi) is 9.26. The first-order valence-electron chi connectivity index (χ1n) is 8.71. The van der Waals surface area contributed by atoms with Gasteiger partial charge in [-0.3, -0.25) is 4.99 Å². The summed E-state index contributed by atoms with van der Waals surface area (Å²) in [6.45, 7) is 6.26. The lowest BCUT2D eigenvalue weighted by Gasteiger charge is -2.20. The average molecular weight is 374 g/mol. The Hall–Kier alpha value is -1.96. The molecule has 0 radical (unpaired) electrons. The van der Waals surface area contributed by atoms with Crippen LogP contribution in [0.15, 0.2) is 29.3 Å². The molecule has 1 rings (SSSR count). The second-order valence-corrected chi connectivity index (χ2v) is 6.29. The van der Waals surface area contributed by atoms with Crippen molar-refractivity contribution in [2.45, 2.75) is 45.6 Å². The fourth-order valence-electron chi connectivity index (χ4n) is 2.22. The Labute approximate surface area is 153 Å². The van der Waals surface area contributed by atoms with Gasteiger partial charge in [-0.15, -0.1) is 13.2 Å². The summed E-state index contributed by atoms with van der Waals surface area (Å²) in [5.41, 5.74) is 0.409. The van der Waals surface area contributed by atoms with Crippen LogP contribution in [0, 0.1) is 0 Å². The quantitative estimate of drug-likeness (QED) is 0.395. The van der Waals surface area contributed by atoms with Gasteiger partial charge in [0.05, 0.1) is 0 Å². The zero-order chi connectivity index (χ0) is 19.6. The third-order valence-electron chi connectivity index (χ3n) is 3.98. The van der Waals surface area contributed by atoms with Crippen LogP contribution in [0.5, 0.6) is 5.75 Å². The van der Waals surface area contributed by atoms with E-state index in [1.807, 2.05) is 0 Å². The molecule has 26 heavy (non-hydrogen) atoms. The highest BCUT2D eigenvalue weighted by Gasteiger charge is 2.31. The van der Waals surface area contributed by atoms with Crippen LogP contribution in [-0.2, 0) is 6.54 Å². The smallest absolute Gasteiger partial charge is 0.405 e. The summed E-state index contributed by atoms with van der Waals surface area (Å²) >= 11 is 0. The van der Waals surface area contributed by atoms with E-state index in [2.05, 4.69) is 46.2 Å². The summed E-state index contributed by atoms with van der Waals surface area (Å²) in [7, 11) is 3.72. The largest absolute Gasteiger partial charge is 0.573 e. The molecule has 1 aromatic carbocycles. The number of hydrogen-bond donors (Lipinski definition) is 2. The van der Waals surface area contributed by atoms with E-state index in [4.69, 9.17) is 0 Å². The van der Waals surface area contributed by atoms with E-state index in [1.165, 1.54) is 12.1 Å². The average Bonchev–Trinajstić information content (AvgIpc) is 2.56. The van der Waals surface area contributed by atoms with Gasteiger partial charge in [-0.25, -0.2) is 0 Å². The van der Waals surface area contributed by atoms with Crippen LogP contribution in [0.4, 0.5) is 13.2 Å². The van der Waals surface area contributed by atoms with E-state index in [-0.39, 0.29) is 12.3 Å². The van der Waals surface area contributed by atoms with Crippen molar-refractivity contribution in [3.05, 3.63) is 29.8 Å². The zero-order valence-corrected chi connectivity index (χ0v) is 15.9. The number of unbranched alkanes of at least 4 members (excludes halogenated alkanes) is 1. The second-order valence-electron chi connectivity index (χ2n) is 6.29. The minimum Gasteiger partial charge on any atom is -0.405 e. The van der Waals surface area contributed by atoms with Gasteiger partial charge in [-0.1, -0.05) is 18.2 Å². The lowest BCUT2D eigenvalue weighted by molar-refractivity contribution is -0.274. The third-order valence-corrected chi connectivity index (χ3v) is 3.98. The number of nitrogens with zero attached hydrogens (tertiary/aromatic N) is 2. The number of hydrogen-bond acceptors (Lipinski definition) is 3. The summed E-state index contributed by atoms with van der Waals surface area (Å²) in [5.74, 6) is 0.337. The maximum absolute atomic E-state index is 12.4. The Bertz CT molecular complexity index is 562. The maximum atomic E-state index is 12.4. The van der Waals surface area contributed by atoms with Gasteiger partial charge in [-0.2, -0.15) is 0 Å². The first-order valence-corrected chi connectivity index (χ1v) is 8.71. The van der Waals surface area contributed by atoms with Crippen LogP contribution < -0.4 is 15.4 Å². The predicted molar refractivity (Wildman–Crippen MR) is 98.3 cm³/mol. The molecule has 0 amide bonds. The molecule has 0 fully saturated rings. The number of guanidine groups is 1. The van der Waals surface area contributed by atoms with Crippen molar-refractivity contribution in [3.63, 3.8) is 0 Å². The topological polar surface area (TPSA) is 48.9 Å². The Morgan fingerprint density at radius 1 is 1.19 bits per heavy atom. The van der Waals surface area contributed by atoms with E-state index in [9.17, 15) is 13.2 Å². The van der Waals surface area contributed by atoms with Crippen LogP contribution >= 0.6 is 0 Å². The Morgan fingerprint density at radius 3 is 2.50 bits per heavy atom. The minimum absolute atomic E-state index is 0.183. The number of nitrogens with one attached hydrogen (secondary N) is 2. The molecule has 0 aliphatic carbocycles. The van der Waals surface area contributed by atoms with Gasteiger partial charge >= 0.3 is 6.36 Å². The number of benzene rings is 1. The number of para-hydroxylation sites is 1. The fraction of sp³-hybridized carbons (Fsp3) is 0.611. The summed E-state index contributed by atoms with van der Waals surface area (Å²) in [4.78, 5) is 6.37. The summed E-state index contributed by atoms with van der Waals surface area (Å²) in [6, 6.07) is 6.58. The van der Waals surface area contributed by atoms with Crippen LogP contribution in [-0.4, -0.2) is 50.4 Å². The van der Waals surface area contributed by atoms with Crippen molar-refractivity contribution in [3.8, 4) is 5.75 Å². The van der Waals surface area contributed by atoms with Crippen molar-refractivity contribution in [1.29, 1.82) is 0 Å². The fourth-order valence-corrected chi connectivity index (χ4v) is 2.22. The number of halogens is 3. The van der Waals surface area contributed by atoms with Gasteiger partial charge in [-0.05, 0) is 46.3 Å². The van der Waals surface area contributed by atoms with E-state index >= 15 is 0 Å². The molecule has 0 bridgehead atoms. The molecule has 0 heterocycles. The first-order chi connectivity index (χ1) is 12.2. The number of ether oxygens (including phenoxy) is 1. The standard InChI is InChI=1S/C18H29F3N4O/c1-14(2)25(4)12-8-7-11-23-17(22-3)24-13-15-9-5-6-10-16(15)26-18(19,20)21/h5-6,9-10,14H,7-8,11-13H2,1-4H3,(H2,22,23,24). The van der Waals surface area contributed by atoms with E-state index in [1.54, 1.807) is 19.2 Å².